The van der Waals surface area contributed by atoms with Crippen molar-refractivity contribution in [1.29, 1.82) is 0 Å². The highest BCUT2D eigenvalue weighted by molar-refractivity contribution is 5.91. The molecule has 7 nitrogen and oxygen atoms in total. The van der Waals surface area contributed by atoms with Gasteiger partial charge >= 0.3 is 18.0 Å². The van der Waals surface area contributed by atoms with Crippen LogP contribution in [0.25, 0.3) is 0 Å². The largest absolute Gasteiger partial charge is 0.460 e. The van der Waals surface area contributed by atoms with Gasteiger partial charge in [0.15, 0.2) is 0 Å². The summed E-state index contributed by atoms with van der Waals surface area (Å²) in [7, 11) is 1.48. The molecule has 19 heavy (non-hydrogen) atoms. The van der Waals surface area contributed by atoms with Gasteiger partial charge in [-0.15, -0.1) is 0 Å². The number of amides is 2. The van der Waals surface area contributed by atoms with Gasteiger partial charge in [-0.25, -0.2) is 14.4 Å². The first-order chi connectivity index (χ1) is 8.85. The number of carbonyl (C=O) groups is 3. The Morgan fingerprint density at radius 2 is 1.68 bits per heavy atom. The Morgan fingerprint density at radius 1 is 1.11 bits per heavy atom. The fourth-order valence-corrected chi connectivity index (χ4v) is 1.00. The lowest BCUT2D eigenvalue weighted by Gasteiger charge is -2.12. The lowest BCUT2D eigenvalue weighted by atomic mass is 10.4. The standard InChI is InChI=1S/C12H20N2O5/c1-8(2)19-11(16)6-5-10(15)18-7-9(3)14-12(17)13-4/h5-6,8-9H,7H2,1-4H3,(H2,13,14,17). The van der Waals surface area contributed by atoms with Crippen LogP contribution in [0.4, 0.5) is 4.79 Å². The lowest BCUT2D eigenvalue weighted by Crippen LogP contribution is -2.41. The smallest absolute Gasteiger partial charge is 0.331 e. The number of ether oxygens (including phenoxy) is 2. The monoisotopic (exact) mass is 272 g/mol. The summed E-state index contributed by atoms with van der Waals surface area (Å²) in [6.45, 7) is 5.10. The molecule has 2 N–H and O–H groups in total. The molecule has 0 aromatic heterocycles. The Morgan fingerprint density at radius 3 is 2.21 bits per heavy atom. The Hall–Kier alpha value is -2.05. The zero-order valence-electron chi connectivity index (χ0n) is 11.6. The van der Waals surface area contributed by atoms with Crippen molar-refractivity contribution < 1.29 is 23.9 Å². The van der Waals surface area contributed by atoms with Gasteiger partial charge in [0.25, 0.3) is 0 Å². The van der Waals surface area contributed by atoms with Crippen LogP contribution in [0.2, 0.25) is 0 Å². The van der Waals surface area contributed by atoms with Crippen molar-refractivity contribution in [3.63, 3.8) is 0 Å². The zero-order chi connectivity index (χ0) is 14.8. The second-order valence-corrected chi connectivity index (χ2v) is 4.07. The zero-order valence-corrected chi connectivity index (χ0v) is 11.6. The van der Waals surface area contributed by atoms with Crippen molar-refractivity contribution in [3.8, 4) is 0 Å². The second kappa shape index (κ2) is 8.96. The third kappa shape index (κ3) is 9.63. The van der Waals surface area contributed by atoms with Crippen LogP contribution in [0.1, 0.15) is 20.8 Å². The van der Waals surface area contributed by atoms with E-state index in [-0.39, 0.29) is 24.8 Å². The van der Waals surface area contributed by atoms with Gasteiger partial charge in [0.2, 0.25) is 0 Å². The highest BCUT2D eigenvalue weighted by Gasteiger charge is 2.08. The molecule has 0 radical (unpaired) electrons. The summed E-state index contributed by atoms with van der Waals surface area (Å²) < 4.78 is 9.62. The van der Waals surface area contributed by atoms with Crippen LogP contribution in [0.15, 0.2) is 12.2 Å². The number of esters is 2. The summed E-state index contributed by atoms with van der Waals surface area (Å²) in [5.41, 5.74) is 0. The first kappa shape index (κ1) is 16.9. The first-order valence-corrected chi connectivity index (χ1v) is 5.88. The number of rotatable bonds is 6. The number of urea groups is 1. The predicted octanol–water partition coefficient (Wildman–Crippen LogP) is 0.355. The maximum absolute atomic E-state index is 11.2. The Labute approximate surface area is 112 Å². The van der Waals surface area contributed by atoms with E-state index in [2.05, 4.69) is 10.6 Å². The molecule has 0 aromatic carbocycles. The molecule has 0 heterocycles. The summed E-state index contributed by atoms with van der Waals surface area (Å²) >= 11 is 0. The highest BCUT2D eigenvalue weighted by atomic mass is 16.5. The van der Waals surface area contributed by atoms with Gasteiger partial charge in [-0.05, 0) is 20.8 Å². The van der Waals surface area contributed by atoms with Gasteiger partial charge in [0.1, 0.15) is 6.61 Å². The number of carbonyl (C=O) groups excluding carboxylic acids is 3. The van der Waals surface area contributed by atoms with Crippen molar-refractivity contribution in [3.05, 3.63) is 12.2 Å². The third-order valence-corrected chi connectivity index (χ3v) is 1.79. The molecule has 1 unspecified atom stereocenters. The normalized spacial score (nSPS) is 12.1. The quantitative estimate of drug-likeness (QED) is 0.537. The minimum Gasteiger partial charge on any atom is -0.460 e. The SMILES string of the molecule is CNC(=O)NC(C)COC(=O)C=CC(=O)OC(C)C. The van der Waals surface area contributed by atoms with Crippen LogP contribution in [0, 0.1) is 0 Å². The average Bonchev–Trinajstić information content (AvgIpc) is 2.32. The van der Waals surface area contributed by atoms with Crippen molar-refractivity contribution in [2.75, 3.05) is 13.7 Å². The van der Waals surface area contributed by atoms with E-state index in [4.69, 9.17) is 9.47 Å². The number of hydrogen-bond donors (Lipinski definition) is 2. The molecule has 0 aromatic rings. The summed E-state index contributed by atoms with van der Waals surface area (Å²) in [5.74, 6) is -1.28. The van der Waals surface area contributed by atoms with E-state index in [0.717, 1.165) is 12.2 Å². The minimum absolute atomic E-state index is 0.00974. The molecule has 0 rings (SSSR count). The van der Waals surface area contributed by atoms with Crippen LogP contribution in [-0.4, -0.2) is 43.8 Å². The first-order valence-electron chi connectivity index (χ1n) is 5.88. The van der Waals surface area contributed by atoms with Crippen LogP contribution >= 0.6 is 0 Å². The summed E-state index contributed by atoms with van der Waals surface area (Å²) in [5, 5.41) is 4.91. The van der Waals surface area contributed by atoms with E-state index in [1.807, 2.05) is 0 Å². The predicted molar refractivity (Wildman–Crippen MR) is 68.4 cm³/mol. The molecular formula is C12H20N2O5. The molecule has 0 aliphatic heterocycles. The van der Waals surface area contributed by atoms with Gasteiger partial charge in [-0.1, -0.05) is 0 Å². The Bertz CT molecular complexity index is 352. The molecule has 0 aliphatic rings. The maximum atomic E-state index is 11.2. The highest BCUT2D eigenvalue weighted by Crippen LogP contribution is 1.92. The molecule has 0 aliphatic carbocycles. The molecule has 0 fully saturated rings. The van der Waals surface area contributed by atoms with Crippen molar-refractivity contribution in [2.45, 2.75) is 32.9 Å². The van der Waals surface area contributed by atoms with Gasteiger partial charge in [-0.2, -0.15) is 0 Å². The molecule has 0 bridgehead atoms. The van der Waals surface area contributed by atoms with Crippen LogP contribution < -0.4 is 10.6 Å². The molecule has 0 saturated carbocycles. The molecule has 7 heteroatoms. The lowest BCUT2D eigenvalue weighted by molar-refractivity contribution is -0.143. The van der Waals surface area contributed by atoms with E-state index in [0.29, 0.717) is 0 Å². The van der Waals surface area contributed by atoms with E-state index in [1.54, 1.807) is 20.8 Å². The number of nitrogens with one attached hydrogen (secondary N) is 2. The molecule has 2 amide bonds. The van der Waals surface area contributed by atoms with Crippen LogP contribution in [0.3, 0.4) is 0 Å². The van der Waals surface area contributed by atoms with E-state index in [9.17, 15) is 14.4 Å². The van der Waals surface area contributed by atoms with Crippen molar-refractivity contribution >= 4 is 18.0 Å². The Balaban J connectivity index is 3.95. The summed E-state index contributed by atoms with van der Waals surface area (Å²) in [6, 6.07) is -0.695. The maximum Gasteiger partial charge on any atom is 0.331 e. The van der Waals surface area contributed by atoms with E-state index >= 15 is 0 Å². The van der Waals surface area contributed by atoms with Crippen molar-refractivity contribution in [1.82, 2.24) is 10.6 Å². The van der Waals surface area contributed by atoms with Gasteiger partial charge < -0.3 is 20.1 Å². The van der Waals surface area contributed by atoms with Gasteiger partial charge in [0, 0.05) is 19.2 Å². The van der Waals surface area contributed by atoms with Gasteiger partial charge in [0.05, 0.1) is 12.1 Å². The molecule has 1 atom stereocenters. The summed E-state index contributed by atoms with van der Waals surface area (Å²) in [6.07, 6.45) is 1.74. The number of hydrogen-bond acceptors (Lipinski definition) is 5. The third-order valence-electron chi connectivity index (χ3n) is 1.79. The topological polar surface area (TPSA) is 93.7 Å². The molecule has 0 spiro atoms. The van der Waals surface area contributed by atoms with Crippen molar-refractivity contribution in [2.24, 2.45) is 0 Å². The minimum atomic E-state index is -0.675. The van der Waals surface area contributed by atoms with Crippen LogP contribution in [-0.2, 0) is 19.1 Å². The summed E-state index contributed by atoms with van der Waals surface area (Å²) in [4.78, 5) is 33.3. The van der Waals surface area contributed by atoms with Crippen LogP contribution in [0.5, 0.6) is 0 Å². The van der Waals surface area contributed by atoms with E-state index in [1.165, 1.54) is 7.05 Å². The molecular weight excluding hydrogens is 252 g/mol. The fourth-order valence-electron chi connectivity index (χ4n) is 1.00. The molecule has 0 saturated heterocycles. The second-order valence-electron chi connectivity index (χ2n) is 4.07. The van der Waals surface area contributed by atoms with E-state index < -0.39 is 11.9 Å². The molecule has 108 valence electrons. The van der Waals surface area contributed by atoms with Gasteiger partial charge in [-0.3, -0.25) is 0 Å². The Kier molecular flexibility index (Phi) is 7.99. The average molecular weight is 272 g/mol. The fraction of sp³-hybridized carbons (Fsp3) is 0.583.